The molecule has 178 valence electrons. The quantitative estimate of drug-likeness (QED) is 0.329. The summed E-state index contributed by atoms with van der Waals surface area (Å²) in [4.78, 5) is 24.5. The highest BCUT2D eigenvalue weighted by atomic mass is 16.4. The zero-order valence-corrected chi connectivity index (χ0v) is 20.5. The van der Waals surface area contributed by atoms with Gasteiger partial charge in [-0.15, -0.1) is 0 Å². The molecule has 34 heavy (non-hydrogen) atoms. The summed E-state index contributed by atoms with van der Waals surface area (Å²) >= 11 is 0. The monoisotopic (exact) mass is 458 g/mol. The summed E-state index contributed by atoms with van der Waals surface area (Å²) in [5.41, 5.74) is 6.90. The van der Waals surface area contributed by atoms with Crippen molar-refractivity contribution in [2.75, 3.05) is 0 Å². The molecule has 0 aliphatic carbocycles. The topological polar surface area (TPSA) is 74.6 Å². The van der Waals surface area contributed by atoms with Gasteiger partial charge in [-0.1, -0.05) is 83.0 Å². The molecule has 0 aliphatic rings. The van der Waals surface area contributed by atoms with Crippen LogP contribution in [0.25, 0.3) is 22.3 Å². The van der Waals surface area contributed by atoms with E-state index in [0.29, 0.717) is 17.0 Å². The predicted molar refractivity (Wildman–Crippen MR) is 138 cm³/mol. The van der Waals surface area contributed by atoms with Gasteiger partial charge >= 0.3 is 11.9 Å². The van der Waals surface area contributed by atoms with Gasteiger partial charge in [0.05, 0.1) is 11.1 Å². The predicted octanol–water partition coefficient (Wildman–Crippen LogP) is 7.52. The van der Waals surface area contributed by atoms with E-state index in [0.717, 1.165) is 54.4 Å². The van der Waals surface area contributed by atoms with E-state index in [1.165, 1.54) is 5.56 Å². The Hall–Kier alpha value is -3.40. The summed E-state index contributed by atoms with van der Waals surface area (Å²) in [5, 5.41) is 20.1. The fourth-order valence-corrected chi connectivity index (χ4v) is 4.82. The van der Waals surface area contributed by atoms with Crippen molar-refractivity contribution >= 4 is 11.9 Å². The Morgan fingerprint density at radius 2 is 1.21 bits per heavy atom. The van der Waals surface area contributed by atoms with Crippen LogP contribution in [0.1, 0.15) is 77.9 Å². The molecule has 3 rings (SSSR count). The number of aryl methyl sites for hydroxylation is 2. The van der Waals surface area contributed by atoms with Crippen molar-refractivity contribution in [1.82, 2.24) is 0 Å². The number of hydrogen-bond donors (Lipinski definition) is 2. The second-order valence-electron chi connectivity index (χ2n) is 9.22. The van der Waals surface area contributed by atoms with Gasteiger partial charge in [-0.2, -0.15) is 0 Å². The van der Waals surface area contributed by atoms with Gasteiger partial charge in [-0.05, 0) is 76.3 Å². The molecule has 4 nitrogen and oxygen atoms in total. The van der Waals surface area contributed by atoms with Crippen molar-refractivity contribution in [2.45, 2.75) is 59.8 Å². The standard InChI is InChI=1S/C30H34O4/c1-5-11-20-18-21(12-6-2)27(22-13-7-9-15-24(22)29(31)32)28(26(20)17-19(3)4)23-14-8-10-16-25(23)30(33)34/h7-10,13-16,18-19H,5-6,11-12,17H2,1-4H3,(H,31,32)(H,33,34). The van der Waals surface area contributed by atoms with E-state index in [1.54, 1.807) is 24.3 Å². The molecule has 0 unspecified atom stereocenters. The Morgan fingerprint density at radius 3 is 1.68 bits per heavy atom. The van der Waals surface area contributed by atoms with Gasteiger partial charge in [0, 0.05) is 0 Å². The van der Waals surface area contributed by atoms with Gasteiger partial charge < -0.3 is 10.2 Å². The Morgan fingerprint density at radius 1 is 0.735 bits per heavy atom. The van der Waals surface area contributed by atoms with Crippen LogP contribution in [0.3, 0.4) is 0 Å². The highest BCUT2D eigenvalue weighted by Gasteiger charge is 2.26. The largest absolute Gasteiger partial charge is 0.478 e. The highest BCUT2D eigenvalue weighted by molar-refractivity contribution is 6.04. The number of rotatable bonds is 10. The molecule has 0 fully saturated rings. The minimum absolute atomic E-state index is 0.229. The molecule has 0 saturated heterocycles. The molecule has 0 spiro atoms. The van der Waals surface area contributed by atoms with Crippen LogP contribution in [-0.4, -0.2) is 22.2 Å². The second-order valence-corrected chi connectivity index (χ2v) is 9.22. The maximum Gasteiger partial charge on any atom is 0.336 e. The summed E-state index contributed by atoms with van der Waals surface area (Å²) in [7, 11) is 0. The minimum Gasteiger partial charge on any atom is -0.478 e. The van der Waals surface area contributed by atoms with Crippen molar-refractivity contribution in [2.24, 2.45) is 5.92 Å². The summed E-state index contributed by atoms with van der Waals surface area (Å²) in [6.07, 6.45) is 4.33. The van der Waals surface area contributed by atoms with Crippen molar-refractivity contribution in [3.05, 3.63) is 82.4 Å². The molecular formula is C30H34O4. The van der Waals surface area contributed by atoms with E-state index in [2.05, 4.69) is 33.8 Å². The molecule has 0 heterocycles. The van der Waals surface area contributed by atoms with Gasteiger partial charge in [0.2, 0.25) is 0 Å². The summed E-state index contributed by atoms with van der Waals surface area (Å²) in [5.74, 6) is -1.62. The molecule has 0 saturated carbocycles. The Bertz CT molecular complexity index is 1190. The maximum atomic E-state index is 12.3. The molecule has 0 bridgehead atoms. The number of carboxylic acids is 2. The molecule has 0 aliphatic heterocycles. The lowest BCUT2D eigenvalue weighted by atomic mass is 9.78. The van der Waals surface area contributed by atoms with Gasteiger partial charge in [0.25, 0.3) is 0 Å². The van der Waals surface area contributed by atoms with Crippen LogP contribution in [0.5, 0.6) is 0 Å². The average molecular weight is 459 g/mol. The van der Waals surface area contributed by atoms with Gasteiger partial charge in [-0.25, -0.2) is 9.59 Å². The fourth-order valence-electron chi connectivity index (χ4n) is 4.82. The average Bonchev–Trinajstić information content (AvgIpc) is 2.80. The summed E-state index contributed by atoms with van der Waals surface area (Å²) < 4.78 is 0. The Labute approximate surface area is 202 Å². The molecule has 0 radical (unpaired) electrons. The minimum atomic E-state index is -0.987. The van der Waals surface area contributed by atoms with Crippen LogP contribution in [0.15, 0.2) is 54.6 Å². The van der Waals surface area contributed by atoms with Crippen LogP contribution in [0, 0.1) is 5.92 Å². The fraction of sp³-hybridized carbons (Fsp3) is 0.333. The number of carboxylic acid groups (broad SMARTS) is 2. The molecule has 3 aromatic rings. The zero-order chi connectivity index (χ0) is 24.8. The molecule has 0 atom stereocenters. The van der Waals surface area contributed by atoms with Crippen molar-refractivity contribution in [3.8, 4) is 22.3 Å². The lowest BCUT2D eigenvalue weighted by Crippen LogP contribution is -2.10. The van der Waals surface area contributed by atoms with Crippen LogP contribution < -0.4 is 0 Å². The maximum absolute atomic E-state index is 12.3. The number of aromatic carboxylic acids is 2. The first kappa shape index (κ1) is 25.2. The molecular weight excluding hydrogens is 424 g/mol. The lowest BCUT2D eigenvalue weighted by Gasteiger charge is -2.26. The molecule has 2 N–H and O–H groups in total. The normalized spacial score (nSPS) is 11.1. The highest BCUT2D eigenvalue weighted by Crippen LogP contribution is 2.43. The Balaban J connectivity index is 2.59. The SMILES string of the molecule is CCCc1cc(CCC)c(-c2ccccc2C(=O)O)c(-c2ccccc2C(=O)O)c1CC(C)C. The van der Waals surface area contributed by atoms with Crippen LogP contribution in [0.4, 0.5) is 0 Å². The first-order valence-electron chi connectivity index (χ1n) is 12.1. The first-order valence-corrected chi connectivity index (χ1v) is 12.1. The van der Waals surface area contributed by atoms with E-state index < -0.39 is 11.9 Å². The molecule has 0 amide bonds. The van der Waals surface area contributed by atoms with Crippen LogP contribution in [-0.2, 0) is 19.3 Å². The second kappa shape index (κ2) is 11.1. The summed E-state index contributed by atoms with van der Waals surface area (Å²) in [6, 6.07) is 16.4. The van der Waals surface area contributed by atoms with E-state index in [9.17, 15) is 19.8 Å². The molecule has 0 aromatic heterocycles. The van der Waals surface area contributed by atoms with Crippen LogP contribution in [0.2, 0.25) is 0 Å². The Kier molecular flexibility index (Phi) is 8.27. The third kappa shape index (κ3) is 5.22. The van der Waals surface area contributed by atoms with E-state index >= 15 is 0 Å². The zero-order valence-electron chi connectivity index (χ0n) is 20.5. The van der Waals surface area contributed by atoms with Crippen molar-refractivity contribution in [1.29, 1.82) is 0 Å². The number of hydrogen-bond acceptors (Lipinski definition) is 2. The lowest BCUT2D eigenvalue weighted by molar-refractivity contribution is 0.0686. The van der Waals surface area contributed by atoms with Crippen LogP contribution >= 0.6 is 0 Å². The third-order valence-electron chi connectivity index (χ3n) is 6.11. The van der Waals surface area contributed by atoms with Gasteiger partial charge in [0.1, 0.15) is 0 Å². The number of carbonyl (C=O) groups is 2. The van der Waals surface area contributed by atoms with Gasteiger partial charge in [0.15, 0.2) is 0 Å². The molecule has 4 heteroatoms. The third-order valence-corrected chi connectivity index (χ3v) is 6.11. The summed E-state index contributed by atoms with van der Waals surface area (Å²) in [6.45, 7) is 8.58. The van der Waals surface area contributed by atoms with E-state index in [4.69, 9.17) is 0 Å². The molecule has 3 aromatic carbocycles. The first-order chi connectivity index (χ1) is 16.3. The number of benzene rings is 3. The van der Waals surface area contributed by atoms with E-state index in [-0.39, 0.29) is 11.1 Å². The van der Waals surface area contributed by atoms with Gasteiger partial charge in [-0.3, -0.25) is 0 Å². The van der Waals surface area contributed by atoms with Crippen molar-refractivity contribution in [3.63, 3.8) is 0 Å². The van der Waals surface area contributed by atoms with E-state index in [1.807, 2.05) is 24.3 Å². The smallest absolute Gasteiger partial charge is 0.336 e. The van der Waals surface area contributed by atoms with Crippen molar-refractivity contribution < 1.29 is 19.8 Å².